The molecule has 3 aromatic rings. The van der Waals surface area contributed by atoms with Gasteiger partial charge in [0.2, 0.25) is 5.82 Å². The van der Waals surface area contributed by atoms with Crippen molar-refractivity contribution in [3.8, 4) is 17.1 Å². The number of amides is 1. The Morgan fingerprint density at radius 3 is 2.48 bits per heavy atom. The van der Waals surface area contributed by atoms with Gasteiger partial charge in [-0.25, -0.2) is 4.39 Å². The smallest absolute Gasteiger partial charge is 0.406 e. The first-order valence-corrected chi connectivity index (χ1v) is 8.13. The number of alkyl halides is 3. The number of aromatic nitrogens is 2. The molecule has 2 N–H and O–H groups in total. The van der Waals surface area contributed by atoms with E-state index in [-0.39, 0.29) is 17.3 Å². The van der Waals surface area contributed by atoms with Gasteiger partial charge >= 0.3 is 6.36 Å². The predicted octanol–water partition coefficient (Wildman–Crippen LogP) is 3.24. The van der Waals surface area contributed by atoms with Gasteiger partial charge in [0.25, 0.3) is 11.8 Å². The quantitative estimate of drug-likeness (QED) is 0.605. The number of hydrogen-bond donors (Lipinski definition) is 2. The van der Waals surface area contributed by atoms with Gasteiger partial charge in [0, 0.05) is 5.56 Å². The molecule has 0 aliphatic rings. The van der Waals surface area contributed by atoms with E-state index in [1.807, 2.05) is 0 Å². The maximum absolute atomic E-state index is 13.7. The molecule has 1 heterocycles. The molecule has 7 nitrogen and oxygen atoms in total. The van der Waals surface area contributed by atoms with Crippen LogP contribution in [-0.4, -0.2) is 34.1 Å². The van der Waals surface area contributed by atoms with Crippen LogP contribution in [0.5, 0.6) is 5.75 Å². The van der Waals surface area contributed by atoms with Crippen LogP contribution >= 0.6 is 0 Å². The molecule has 1 amide bonds. The highest BCUT2D eigenvalue weighted by Crippen LogP contribution is 2.26. The van der Waals surface area contributed by atoms with Gasteiger partial charge < -0.3 is 19.7 Å². The number of carbonyl (C=O) groups excluding carboxylic acids is 1. The number of rotatable bonds is 6. The van der Waals surface area contributed by atoms with E-state index >= 15 is 0 Å². The summed E-state index contributed by atoms with van der Waals surface area (Å²) in [6.07, 6.45) is -4.81. The molecule has 0 radical (unpaired) electrons. The molecule has 3 rings (SSSR count). The molecule has 0 aliphatic heterocycles. The summed E-state index contributed by atoms with van der Waals surface area (Å²) in [5.41, 5.74) is 0.0811. The second-order valence-corrected chi connectivity index (χ2v) is 5.72. The van der Waals surface area contributed by atoms with Gasteiger partial charge in [-0.3, -0.25) is 4.79 Å². The summed E-state index contributed by atoms with van der Waals surface area (Å²) in [6.45, 7) is -0.611. The third-order valence-electron chi connectivity index (χ3n) is 3.69. The average Bonchev–Trinajstić information content (AvgIpc) is 3.15. The van der Waals surface area contributed by atoms with Gasteiger partial charge in [0.05, 0.1) is 12.2 Å². The second kappa shape index (κ2) is 8.27. The summed E-state index contributed by atoms with van der Waals surface area (Å²) in [5.74, 6) is -2.11. The molecule has 0 aliphatic carbocycles. The Morgan fingerprint density at radius 1 is 1.17 bits per heavy atom. The van der Waals surface area contributed by atoms with Crippen molar-refractivity contribution in [1.82, 2.24) is 15.5 Å². The molecule has 29 heavy (non-hydrogen) atoms. The number of halogens is 4. The van der Waals surface area contributed by atoms with Gasteiger partial charge in [-0.1, -0.05) is 17.3 Å². The van der Waals surface area contributed by atoms with E-state index in [9.17, 15) is 27.5 Å². The molecule has 152 valence electrons. The number of benzene rings is 2. The lowest BCUT2D eigenvalue weighted by Crippen LogP contribution is -2.31. The molecular formula is C18H13F4N3O4. The normalized spacial score (nSPS) is 12.4. The minimum atomic E-state index is -4.81. The molecule has 1 unspecified atom stereocenters. The van der Waals surface area contributed by atoms with E-state index in [2.05, 4.69) is 20.2 Å². The summed E-state index contributed by atoms with van der Waals surface area (Å²) in [4.78, 5) is 16.2. The molecule has 0 spiro atoms. The third-order valence-corrected chi connectivity index (χ3v) is 3.69. The molecule has 0 saturated heterocycles. The summed E-state index contributed by atoms with van der Waals surface area (Å²) >= 11 is 0. The van der Waals surface area contributed by atoms with Crippen molar-refractivity contribution in [3.05, 3.63) is 65.8 Å². The fraction of sp³-hybridized carbons (Fsp3) is 0.167. The van der Waals surface area contributed by atoms with Gasteiger partial charge in [-0.05, 0) is 36.4 Å². The van der Waals surface area contributed by atoms with Crippen LogP contribution in [0.1, 0.15) is 22.3 Å². The first kappa shape index (κ1) is 20.3. The third kappa shape index (κ3) is 5.08. The van der Waals surface area contributed by atoms with E-state index in [1.54, 1.807) is 0 Å². The standard InChI is InChI=1S/C18H13F4N3O4/c19-13-4-2-1-3-12(13)16(27)23-14(9-26)17-24-15(25-29-17)10-5-7-11(8-6-10)28-18(20,21)22/h1-8,14,26H,9H2,(H,23,27). The fourth-order valence-electron chi connectivity index (χ4n) is 2.37. The van der Waals surface area contributed by atoms with Crippen LogP contribution in [0.2, 0.25) is 0 Å². The second-order valence-electron chi connectivity index (χ2n) is 5.72. The molecule has 1 atom stereocenters. The van der Waals surface area contributed by atoms with E-state index in [0.29, 0.717) is 5.56 Å². The van der Waals surface area contributed by atoms with Crippen molar-refractivity contribution in [2.75, 3.05) is 6.61 Å². The van der Waals surface area contributed by atoms with Gasteiger partial charge in [-0.2, -0.15) is 4.98 Å². The van der Waals surface area contributed by atoms with Crippen LogP contribution < -0.4 is 10.1 Å². The minimum Gasteiger partial charge on any atom is -0.406 e. The van der Waals surface area contributed by atoms with Gasteiger partial charge in [-0.15, -0.1) is 13.2 Å². The number of nitrogens with zero attached hydrogens (tertiary/aromatic N) is 2. The minimum absolute atomic E-state index is 0.0112. The number of ether oxygens (including phenoxy) is 1. The first-order chi connectivity index (χ1) is 13.8. The lowest BCUT2D eigenvalue weighted by molar-refractivity contribution is -0.274. The van der Waals surface area contributed by atoms with Gasteiger partial charge in [0.15, 0.2) is 0 Å². The Morgan fingerprint density at radius 2 is 1.86 bits per heavy atom. The molecule has 0 saturated carbocycles. The lowest BCUT2D eigenvalue weighted by Gasteiger charge is -2.12. The van der Waals surface area contributed by atoms with Crippen LogP contribution in [0.3, 0.4) is 0 Å². The zero-order valence-electron chi connectivity index (χ0n) is 14.5. The van der Waals surface area contributed by atoms with Crippen LogP contribution in [-0.2, 0) is 0 Å². The summed E-state index contributed by atoms with van der Waals surface area (Å²) in [5, 5.41) is 15.6. The lowest BCUT2D eigenvalue weighted by atomic mass is 10.2. The molecule has 11 heteroatoms. The first-order valence-electron chi connectivity index (χ1n) is 8.13. The maximum Gasteiger partial charge on any atom is 0.573 e. The summed E-state index contributed by atoms with van der Waals surface area (Å²) in [7, 11) is 0. The molecular weight excluding hydrogens is 398 g/mol. The van der Waals surface area contributed by atoms with E-state index in [0.717, 1.165) is 18.2 Å². The Balaban J connectivity index is 1.74. The SMILES string of the molecule is O=C(NC(CO)c1nc(-c2ccc(OC(F)(F)F)cc2)no1)c1ccccc1F. The fourth-order valence-corrected chi connectivity index (χ4v) is 2.37. The Bertz CT molecular complexity index is 989. The maximum atomic E-state index is 13.7. The van der Waals surface area contributed by atoms with Crippen molar-refractivity contribution in [2.45, 2.75) is 12.4 Å². The van der Waals surface area contributed by atoms with Crippen LogP contribution in [0.4, 0.5) is 17.6 Å². The largest absolute Gasteiger partial charge is 0.573 e. The molecule has 1 aromatic heterocycles. The van der Waals surface area contributed by atoms with Crippen LogP contribution in [0, 0.1) is 5.82 Å². The number of hydrogen-bond acceptors (Lipinski definition) is 6. The number of carbonyl (C=O) groups is 1. The summed E-state index contributed by atoms with van der Waals surface area (Å²) in [6, 6.07) is 8.86. The zero-order valence-corrected chi connectivity index (χ0v) is 14.5. The molecule has 0 bridgehead atoms. The summed E-state index contributed by atoms with van der Waals surface area (Å²) < 4.78 is 59.1. The van der Waals surface area contributed by atoms with Crippen molar-refractivity contribution in [1.29, 1.82) is 0 Å². The van der Waals surface area contributed by atoms with Crippen molar-refractivity contribution in [2.24, 2.45) is 0 Å². The Hall–Kier alpha value is -3.47. The van der Waals surface area contributed by atoms with Crippen molar-refractivity contribution in [3.63, 3.8) is 0 Å². The van der Waals surface area contributed by atoms with E-state index < -0.39 is 36.5 Å². The molecule has 2 aromatic carbocycles. The Labute approximate surface area is 160 Å². The average molecular weight is 411 g/mol. The highest BCUT2D eigenvalue weighted by Gasteiger charge is 2.31. The van der Waals surface area contributed by atoms with E-state index in [1.165, 1.54) is 30.3 Å². The van der Waals surface area contributed by atoms with Crippen molar-refractivity contribution < 1.29 is 36.7 Å². The Kier molecular flexibility index (Phi) is 5.78. The van der Waals surface area contributed by atoms with E-state index in [4.69, 9.17) is 4.52 Å². The topological polar surface area (TPSA) is 97.5 Å². The monoisotopic (exact) mass is 411 g/mol. The van der Waals surface area contributed by atoms with Crippen molar-refractivity contribution >= 4 is 5.91 Å². The number of aliphatic hydroxyl groups is 1. The highest BCUT2D eigenvalue weighted by atomic mass is 19.4. The number of aliphatic hydroxyl groups excluding tert-OH is 1. The van der Waals surface area contributed by atoms with Crippen LogP contribution in [0.15, 0.2) is 53.1 Å². The number of nitrogens with one attached hydrogen (secondary N) is 1. The highest BCUT2D eigenvalue weighted by molar-refractivity contribution is 5.94. The molecule has 0 fully saturated rings. The predicted molar refractivity (Wildman–Crippen MR) is 90.1 cm³/mol. The zero-order chi connectivity index (χ0) is 21.0. The van der Waals surface area contributed by atoms with Gasteiger partial charge in [0.1, 0.15) is 17.6 Å². The van der Waals surface area contributed by atoms with Crippen LogP contribution in [0.25, 0.3) is 11.4 Å².